The number of hydrogen-bond donors (Lipinski definition) is 1. The Morgan fingerprint density at radius 1 is 1.56 bits per heavy atom. The Bertz CT molecular complexity index is 68.1. The molecule has 0 radical (unpaired) electrons. The summed E-state index contributed by atoms with van der Waals surface area (Å²) in [6, 6.07) is 0.197. The molecule has 1 N–H and O–H groups in total. The predicted molar refractivity (Wildman–Crippen MR) is 38.8 cm³/mol. The minimum atomic E-state index is -0.325. The molecule has 1 nitrogen and oxygen atoms in total. The first-order valence-corrected chi connectivity index (χ1v) is 3.55. The molecule has 0 saturated heterocycles. The molecule has 0 bridgehead atoms. The molecule has 0 spiro atoms. The lowest BCUT2D eigenvalue weighted by molar-refractivity contribution is 0.437. The van der Waals surface area contributed by atoms with E-state index < -0.39 is 0 Å². The second-order valence-corrected chi connectivity index (χ2v) is 2.80. The summed E-state index contributed by atoms with van der Waals surface area (Å²) in [7, 11) is 0. The molecule has 2 unspecified atom stereocenters. The number of rotatable bonds is 4. The Morgan fingerprint density at radius 2 is 2.11 bits per heavy atom. The van der Waals surface area contributed by atoms with E-state index in [1.807, 2.05) is 13.8 Å². The van der Waals surface area contributed by atoms with Gasteiger partial charge in [0.15, 0.2) is 0 Å². The fourth-order valence-electron chi connectivity index (χ4n) is 0.445. The highest BCUT2D eigenvalue weighted by Gasteiger charge is 2.05. The summed E-state index contributed by atoms with van der Waals surface area (Å²) in [6.45, 7) is 3.90. The van der Waals surface area contributed by atoms with E-state index in [1.165, 1.54) is 0 Å². The molecule has 0 amide bonds. The van der Waals surface area contributed by atoms with Gasteiger partial charge in [0, 0.05) is 18.0 Å². The summed E-state index contributed by atoms with van der Waals surface area (Å²) in [6.07, 6.45) is 0. The van der Waals surface area contributed by atoms with Crippen LogP contribution in [-0.2, 0) is 0 Å². The number of alkyl halides is 2. The lowest BCUT2D eigenvalue weighted by atomic mass is 10.2. The van der Waals surface area contributed by atoms with Crippen LogP contribution in [0.2, 0.25) is 0 Å². The van der Waals surface area contributed by atoms with Crippen LogP contribution in [0.1, 0.15) is 13.8 Å². The largest absolute Gasteiger partial charge is 0.310 e. The van der Waals surface area contributed by atoms with Gasteiger partial charge in [-0.3, -0.25) is 0 Å². The standard InChI is InChI=1S/C6H13ClFN/c1-5(7)6(2)9-4-3-8/h5-6,9H,3-4H2,1-2H3. The Balaban J connectivity index is 3.16. The minimum Gasteiger partial charge on any atom is -0.310 e. The van der Waals surface area contributed by atoms with Crippen LogP contribution in [-0.4, -0.2) is 24.6 Å². The van der Waals surface area contributed by atoms with Gasteiger partial charge in [0.05, 0.1) is 0 Å². The third-order valence-corrected chi connectivity index (χ3v) is 1.63. The van der Waals surface area contributed by atoms with E-state index in [4.69, 9.17) is 11.6 Å². The van der Waals surface area contributed by atoms with E-state index >= 15 is 0 Å². The van der Waals surface area contributed by atoms with Gasteiger partial charge in [-0.25, -0.2) is 4.39 Å². The molecular formula is C6H13ClFN. The van der Waals surface area contributed by atoms with Crippen molar-refractivity contribution >= 4 is 11.6 Å². The average Bonchev–Trinajstić information content (AvgIpc) is 1.82. The van der Waals surface area contributed by atoms with Gasteiger partial charge in [0.2, 0.25) is 0 Å². The monoisotopic (exact) mass is 153 g/mol. The molecule has 0 aromatic heterocycles. The molecule has 0 aromatic carbocycles. The maximum atomic E-state index is 11.5. The summed E-state index contributed by atoms with van der Waals surface area (Å²) in [4.78, 5) is 0. The Hall–Kier alpha value is 0.180. The second-order valence-electron chi connectivity index (χ2n) is 2.11. The topological polar surface area (TPSA) is 12.0 Å². The van der Waals surface area contributed by atoms with Crippen LogP contribution >= 0.6 is 11.6 Å². The molecule has 3 heteroatoms. The summed E-state index contributed by atoms with van der Waals surface area (Å²) in [5, 5.41) is 2.99. The molecule has 0 aliphatic rings. The van der Waals surface area contributed by atoms with Crippen molar-refractivity contribution in [3.05, 3.63) is 0 Å². The zero-order chi connectivity index (χ0) is 7.28. The normalized spacial score (nSPS) is 17.3. The lowest BCUT2D eigenvalue weighted by Crippen LogP contribution is -2.33. The van der Waals surface area contributed by atoms with Crippen LogP contribution in [0.15, 0.2) is 0 Å². The summed E-state index contributed by atoms with van der Waals surface area (Å²) in [5.74, 6) is 0. The van der Waals surface area contributed by atoms with Crippen LogP contribution in [0.25, 0.3) is 0 Å². The van der Waals surface area contributed by atoms with E-state index in [9.17, 15) is 4.39 Å². The van der Waals surface area contributed by atoms with Crippen LogP contribution in [0.5, 0.6) is 0 Å². The van der Waals surface area contributed by atoms with Crippen molar-refractivity contribution in [1.82, 2.24) is 5.32 Å². The van der Waals surface area contributed by atoms with Crippen LogP contribution < -0.4 is 5.32 Å². The highest BCUT2D eigenvalue weighted by atomic mass is 35.5. The van der Waals surface area contributed by atoms with Crippen molar-refractivity contribution in [1.29, 1.82) is 0 Å². The van der Waals surface area contributed by atoms with Crippen molar-refractivity contribution in [3.8, 4) is 0 Å². The van der Waals surface area contributed by atoms with E-state index in [2.05, 4.69) is 5.32 Å². The van der Waals surface area contributed by atoms with Crippen molar-refractivity contribution < 1.29 is 4.39 Å². The van der Waals surface area contributed by atoms with E-state index in [1.54, 1.807) is 0 Å². The van der Waals surface area contributed by atoms with Gasteiger partial charge in [0.1, 0.15) is 6.67 Å². The Kier molecular flexibility index (Phi) is 5.10. The van der Waals surface area contributed by atoms with Gasteiger partial charge in [0.25, 0.3) is 0 Å². The maximum Gasteiger partial charge on any atom is 0.102 e. The maximum absolute atomic E-state index is 11.5. The number of nitrogens with one attached hydrogen (secondary N) is 1. The molecule has 0 aromatic rings. The summed E-state index contributed by atoms with van der Waals surface area (Å²) >= 11 is 5.68. The minimum absolute atomic E-state index is 0.0662. The fourth-order valence-corrected chi connectivity index (χ4v) is 0.534. The molecule has 9 heavy (non-hydrogen) atoms. The highest BCUT2D eigenvalue weighted by molar-refractivity contribution is 6.20. The molecule has 0 fully saturated rings. The summed E-state index contributed by atoms with van der Waals surface area (Å²) in [5.41, 5.74) is 0. The van der Waals surface area contributed by atoms with Crippen LogP contribution in [0.3, 0.4) is 0 Å². The van der Waals surface area contributed by atoms with Crippen molar-refractivity contribution in [2.75, 3.05) is 13.2 Å². The van der Waals surface area contributed by atoms with Gasteiger partial charge >= 0.3 is 0 Å². The van der Waals surface area contributed by atoms with E-state index in [0.29, 0.717) is 6.54 Å². The molecule has 2 atom stereocenters. The van der Waals surface area contributed by atoms with E-state index in [0.717, 1.165) is 0 Å². The molecule has 56 valence electrons. The SMILES string of the molecule is CC(Cl)C(C)NCCF. The Morgan fingerprint density at radius 3 is 2.44 bits per heavy atom. The smallest absolute Gasteiger partial charge is 0.102 e. The van der Waals surface area contributed by atoms with Crippen LogP contribution in [0.4, 0.5) is 4.39 Å². The van der Waals surface area contributed by atoms with Gasteiger partial charge in [-0.1, -0.05) is 0 Å². The third-order valence-electron chi connectivity index (χ3n) is 1.25. The quantitative estimate of drug-likeness (QED) is 0.605. The number of hydrogen-bond acceptors (Lipinski definition) is 1. The average molecular weight is 154 g/mol. The molecular weight excluding hydrogens is 141 g/mol. The van der Waals surface area contributed by atoms with Gasteiger partial charge in [-0.2, -0.15) is 0 Å². The van der Waals surface area contributed by atoms with Gasteiger partial charge in [-0.05, 0) is 13.8 Å². The van der Waals surface area contributed by atoms with Crippen molar-refractivity contribution in [2.24, 2.45) is 0 Å². The molecule has 0 rings (SSSR count). The fraction of sp³-hybridized carbons (Fsp3) is 1.00. The van der Waals surface area contributed by atoms with Gasteiger partial charge in [-0.15, -0.1) is 11.6 Å². The predicted octanol–water partition coefficient (Wildman–Crippen LogP) is 1.56. The zero-order valence-corrected chi connectivity index (χ0v) is 6.58. The second kappa shape index (κ2) is 5.00. The third kappa shape index (κ3) is 4.67. The lowest BCUT2D eigenvalue weighted by Gasteiger charge is -2.13. The molecule has 0 heterocycles. The Labute approximate surface area is 60.6 Å². The zero-order valence-electron chi connectivity index (χ0n) is 5.82. The molecule has 0 aliphatic carbocycles. The first-order valence-electron chi connectivity index (χ1n) is 3.12. The van der Waals surface area contributed by atoms with Gasteiger partial charge < -0.3 is 5.32 Å². The molecule has 0 aliphatic heterocycles. The van der Waals surface area contributed by atoms with Crippen molar-refractivity contribution in [3.63, 3.8) is 0 Å². The van der Waals surface area contributed by atoms with Crippen LogP contribution in [0, 0.1) is 0 Å². The van der Waals surface area contributed by atoms with E-state index in [-0.39, 0.29) is 18.1 Å². The number of halogens is 2. The van der Waals surface area contributed by atoms with Crippen molar-refractivity contribution in [2.45, 2.75) is 25.3 Å². The first kappa shape index (κ1) is 9.18. The molecule has 0 saturated carbocycles. The summed E-state index contributed by atoms with van der Waals surface area (Å²) < 4.78 is 11.5. The first-order chi connectivity index (χ1) is 4.18. The highest BCUT2D eigenvalue weighted by Crippen LogP contribution is 1.99.